The highest BCUT2D eigenvalue weighted by molar-refractivity contribution is 5.98. The first-order valence-corrected chi connectivity index (χ1v) is 7.38. The van der Waals surface area contributed by atoms with E-state index in [2.05, 4.69) is 0 Å². The molecule has 1 aromatic heterocycles. The van der Waals surface area contributed by atoms with Crippen molar-refractivity contribution in [3.05, 3.63) is 59.6 Å². The number of Topliss-reactive ketones (excluding diaryl/α,β-unsaturated/α-hetero) is 1. The third kappa shape index (κ3) is 3.16. The lowest BCUT2D eigenvalue weighted by molar-refractivity contribution is 0.0623. The van der Waals surface area contributed by atoms with Crippen LogP contribution in [0.15, 0.2) is 41.0 Å². The second-order valence-electron chi connectivity index (χ2n) is 5.53. The van der Waals surface area contributed by atoms with Gasteiger partial charge in [0.25, 0.3) is 5.91 Å². The maximum Gasteiger partial charge on any atom is 0.289 e. The van der Waals surface area contributed by atoms with E-state index in [1.54, 1.807) is 17.0 Å². The van der Waals surface area contributed by atoms with Gasteiger partial charge in [-0.25, -0.2) is 8.78 Å². The summed E-state index contributed by atoms with van der Waals surface area (Å²) in [5.74, 6) is -2.21. The van der Waals surface area contributed by atoms with E-state index < -0.39 is 11.6 Å². The normalized spacial score (nSPS) is 15.7. The number of ketones is 1. The fourth-order valence-electron chi connectivity index (χ4n) is 2.81. The average molecular weight is 319 g/mol. The van der Waals surface area contributed by atoms with Crippen LogP contribution in [0.25, 0.3) is 0 Å². The van der Waals surface area contributed by atoms with Gasteiger partial charge in [-0.15, -0.1) is 0 Å². The van der Waals surface area contributed by atoms with Gasteiger partial charge in [-0.1, -0.05) is 0 Å². The number of furan rings is 1. The molecule has 120 valence electrons. The fraction of sp³-hybridized carbons (Fsp3) is 0.294. The Morgan fingerprint density at radius 1 is 1.13 bits per heavy atom. The molecule has 0 atom stereocenters. The summed E-state index contributed by atoms with van der Waals surface area (Å²) in [6.45, 7) is 0.803. The molecule has 0 unspecified atom stereocenters. The van der Waals surface area contributed by atoms with Crippen LogP contribution in [0, 0.1) is 17.6 Å². The Morgan fingerprint density at radius 3 is 2.48 bits per heavy atom. The molecule has 1 amide bonds. The molecule has 0 N–H and O–H groups in total. The molecule has 23 heavy (non-hydrogen) atoms. The van der Waals surface area contributed by atoms with Gasteiger partial charge < -0.3 is 9.32 Å². The Hall–Kier alpha value is -2.50. The molecule has 1 saturated heterocycles. The van der Waals surface area contributed by atoms with Crippen LogP contribution in [-0.4, -0.2) is 29.7 Å². The molecular weight excluding hydrogens is 304 g/mol. The number of piperidine rings is 1. The number of hydrogen-bond donors (Lipinski definition) is 0. The number of nitrogens with zero attached hydrogens (tertiary/aromatic N) is 1. The molecule has 0 radical (unpaired) electrons. The standard InChI is InChI=1S/C17H15F2NO3/c18-12-3-4-13(14(19)10-12)16(21)11-5-7-20(8-6-11)17(22)15-2-1-9-23-15/h1-4,9-11H,5-8H2. The minimum atomic E-state index is -0.843. The number of rotatable bonds is 3. The molecule has 4 nitrogen and oxygen atoms in total. The quantitative estimate of drug-likeness (QED) is 0.816. The van der Waals surface area contributed by atoms with Crippen LogP contribution in [0.2, 0.25) is 0 Å². The number of halogens is 2. The Morgan fingerprint density at radius 2 is 1.87 bits per heavy atom. The van der Waals surface area contributed by atoms with Gasteiger partial charge in [-0.2, -0.15) is 0 Å². The second-order valence-corrected chi connectivity index (χ2v) is 5.53. The Balaban J connectivity index is 1.64. The van der Waals surface area contributed by atoms with E-state index in [1.807, 2.05) is 0 Å². The second kappa shape index (κ2) is 6.32. The van der Waals surface area contributed by atoms with Gasteiger partial charge in [0.05, 0.1) is 11.8 Å². The van der Waals surface area contributed by atoms with Crippen LogP contribution in [0.5, 0.6) is 0 Å². The molecule has 6 heteroatoms. The molecule has 1 aliphatic rings. The highest BCUT2D eigenvalue weighted by Gasteiger charge is 2.30. The van der Waals surface area contributed by atoms with E-state index in [4.69, 9.17) is 4.42 Å². The summed E-state index contributed by atoms with van der Waals surface area (Å²) in [4.78, 5) is 26.1. The maximum absolute atomic E-state index is 13.7. The summed E-state index contributed by atoms with van der Waals surface area (Å²) in [7, 11) is 0. The van der Waals surface area contributed by atoms with E-state index in [1.165, 1.54) is 12.3 Å². The zero-order valence-electron chi connectivity index (χ0n) is 12.3. The molecule has 1 fully saturated rings. The first kappa shape index (κ1) is 15.4. The van der Waals surface area contributed by atoms with Crippen molar-refractivity contribution >= 4 is 11.7 Å². The summed E-state index contributed by atoms with van der Waals surface area (Å²) >= 11 is 0. The van der Waals surface area contributed by atoms with Gasteiger partial charge in [0.1, 0.15) is 11.6 Å². The minimum Gasteiger partial charge on any atom is -0.459 e. The Kier molecular flexibility index (Phi) is 4.23. The van der Waals surface area contributed by atoms with Gasteiger partial charge in [-0.3, -0.25) is 9.59 Å². The number of amides is 1. The first-order chi connectivity index (χ1) is 11.1. The van der Waals surface area contributed by atoms with Crippen LogP contribution >= 0.6 is 0 Å². The van der Waals surface area contributed by atoms with E-state index in [0.717, 1.165) is 6.07 Å². The number of benzene rings is 1. The third-order valence-corrected chi connectivity index (χ3v) is 4.08. The van der Waals surface area contributed by atoms with Crippen molar-refractivity contribution in [2.24, 2.45) is 5.92 Å². The Bertz CT molecular complexity index is 719. The molecule has 2 aromatic rings. The van der Waals surface area contributed by atoms with Crippen molar-refractivity contribution in [3.63, 3.8) is 0 Å². The average Bonchev–Trinajstić information content (AvgIpc) is 3.08. The van der Waals surface area contributed by atoms with Gasteiger partial charge >= 0.3 is 0 Å². The predicted molar refractivity (Wildman–Crippen MR) is 78.0 cm³/mol. The smallest absolute Gasteiger partial charge is 0.289 e. The fourth-order valence-corrected chi connectivity index (χ4v) is 2.81. The minimum absolute atomic E-state index is 0.0952. The molecule has 0 saturated carbocycles. The van der Waals surface area contributed by atoms with Crippen LogP contribution < -0.4 is 0 Å². The van der Waals surface area contributed by atoms with Crippen molar-refractivity contribution in [1.82, 2.24) is 4.90 Å². The van der Waals surface area contributed by atoms with Crippen LogP contribution in [0.4, 0.5) is 8.78 Å². The molecule has 0 spiro atoms. The first-order valence-electron chi connectivity index (χ1n) is 7.38. The molecule has 1 aromatic carbocycles. The van der Waals surface area contributed by atoms with Crippen LogP contribution in [0.1, 0.15) is 33.8 Å². The Labute approximate surface area is 131 Å². The maximum atomic E-state index is 13.7. The van der Waals surface area contributed by atoms with Gasteiger partial charge in [-0.05, 0) is 37.1 Å². The van der Waals surface area contributed by atoms with E-state index in [0.29, 0.717) is 32.0 Å². The molecular formula is C17H15F2NO3. The van der Waals surface area contributed by atoms with Crippen LogP contribution in [0.3, 0.4) is 0 Å². The molecule has 2 heterocycles. The summed E-state index contributed by atoms with van der Waals surface area (Å²) in [5.41, 5.74) is -0.0952. The number of hydrogen-bond acceptors (Lipinski definition) is 3. The summed E-state index contributed by atoms with van der Waals surface area (Å²) in [6, 6.07) is 6.19. The SMILES string of the molecule is O=C(c1ccc(F)cc1F)C1CCN(C(=O)c2ccco2)CC1. The highest BCUT2D eigenvalue weighted by atomic mass is 19.1. The van der Waals surface area contributed by atoms with Gasteiger partial charge in [0.15, 0.2) is 11.5 Å². The van der Waals surface area contributed by atoms with E-state index >= 15 is 0 Å². The predicted octanol–water partition coefficient (Wildman–Crippen LogP) is 3.29. The van der Waals surface area contributed by atoms with Crippen molar-refractivity contribution in [3.8, 4) is 0 Å². The van der Waals surface area contributed by atoms with Crippen LogP contribution in [-0.2, 0) is 0 Å². The lowest BCUT2D eigenvalue weighted by Gasteiger charge is -2.30. The van der Waals surface area contributed by atoms with E-state index in [9.17, 15) is 18.4 Å². The zero-order chi connectivity index (χ0) is 16.4. The van der Waals surface area contributed by atoms with Gasteiger partial charge in [0, 0.05) is 25.1 Å². The van der Waals surface area contributed by atoms with Crippen molar-refractivity contribution in [2.75, 3.05) is 13.1 Å². The number of carbonyl (C=O) groups is 2. The monoisotopic (exact) mass is 319 g/mol. The van der Waals surface area contributed by atoms with Gasteiger partial charge in [0.2, 0.25) is 0 Å². The van der Waals surface area contributed by atoms with Crippen molar-refractivity contribution in [2.45, 2.75) is 12.8 Å². The van der Waals surface area contributed by atoms with E-state index in [-0.39, 0.29) is 28.9 Å². The lowest BCUT2D eigenvalue weighted by Crippen LogP contribution is -2.40. The number of carbonyl (C=O) groups excluding carboxylic acids is 2. The summed E-state index contributed by atoms with van der Waals surface area (Å²) < 4.78 is 31.7. The summed E-state index contributed by atoms with van der Waals surface area (Å²) in [6.07, 6.45) is 2.32. The number of likely N-dealkylation sites (tertiary alicyclic amines) is 1. The van der Waals surface area contributed by atoms with Crippen molar-refractivity contribution in [1.29, 1.82) is 0 Å². The zero-order valence-corrected chi connectivity index (χ0v) is 12.3. The highest BCUT2D eigenvalue weighted by Crippen LogP contribution is 2.24. The molecule has 0 bridgehead atoms. The molecule has 0 aliphatic carbocycles. The molecule has 3 rings (SSSR count). The lowest BCUT2D eigenvalue weighted by atomic mass is 9.88. The summed E-state index contributed by atoms with van der Waals surface area (Å²) in [5, 5.41) is 0. The molecule has 1 aliphatic heterocycles. The third-order valence-electron chi connectivity index (χ3n) is 4.08. The van der Waals surface area contributed by atoms with Crippen molar-refractivity contribution < 1.29 is 22.8 Å². The largest absolute Gasteiger partial charge is 0.459 e. The topological polar surface area (TPSA) is 50.5 Å².